The van der Waals surface area contributed by atoms with Gasteiger partial charge in [-0.15, -0.1) is 0 Å². The number of benzene rings is 3. The number of pyridine rings is 2. The first-order valence-electron chi connectivity index (χ1n) is 10.9. The summed E-state index contributed by atoms with van der Waals surface area (Å²) in [4.78, 5) is 8.66. The minimum atomic E-state index is 0.843. The van der Waals surface area contributed by atoms with Gasteiger partial charge in [-0.25, -0.2) is 0 Å². The number of aromatic nitrogens is 2. The second kappa shape index (κ2) is 8.21. The third-order valence-corrected chi connectivity index (χ3v) is 5.86. The predicted molar refractivity (Wildman–Crippen MR) is 134 cm³/mol. The van der Waals surface area contributed by atoms with Crippen LogP contribution in [0.2, 0.25) is 0 Å². The fourth-order valence-electron chi connectivity index (χ4n) is 4.21. The van der Waals surface area contributed by atoms with Crippen LogP contribution in [0.1, 0.15) is 0 Å². The maximum Gasteiger partial charge on any atom is 0.135 e. The molecule has 0 fully saturated rings. The SMILES string of the molecule is c1ccc(-c2ccc(-c3ccccn3)cc2-c2ccc3oc(-c4ccncc4)cc3c2)cc1. The third-order valence-electron chi connectivity index (χ3n) is 5.86. The zero-order chi connectivity index (χ0) is 22.0. The van der Waals surface area contributed by atoms with E-state index >= 15 is 0 Å². The van der Waals surface area contributed by atoms with Crippen molar-refractivity contribution in [2.45, 2.75) is 0 Å². The van der Waals surface area contributed by atoms with Gasteiger partial charge >= 0.3 is 0 Å². The molecule has 3 aromatic heterocycles. The topological polar surface area (TPSA) is 38.9 Å². The quantitative estimate of drug-likeness (QED) is 0.289. The normalized spacial score (nSPS) is 11.0. The van der Waals surface area contributed by atoms with Crippen molar-refractivity contribution in [1.29, 1.82) is 0 Å². The number of nitrogens with zero attached hydrogens (tertiary/aromatic N) is 2. The summed E-state index contributed by atoms with van der Waals surface area (Å²) in [6, 6.07) is 35.5. The molecule has 0 atom stereocenters. The zero-order valence-corrected chi connectivity index (χ0v) is 17.8. The molecule has 0 saturated heterocycles. The molecule has 156 valence electrons. The highest BCUT2D eigenvalue weighted by molar-refractivity contribution is 5.92. The van der Waals surface area contributed by atoms with E-state index in [2.05, 4.69) is 76.7 Å². The fourth-order valence-corrected chi connectivity index (χ4v) is 4.21. The Kier molecular flexibility index (Phi) is 4.78. The molecular formula is C30H20N2O. The van der Waals surface area contributed by atoms with E-state index in [1.807, 2.05) is 42.6 Å². The van der Waals surface area contributed by atoms with Gasteiger partial charge in [-0.05, 0) is 70.8 Å². The van der Waals surface area contributed by atoms with Crippen LogP contribution < -0.4 is 0 Å². The second-order valence-corrected chi connectivity index (χ2v) is 7.94. The smallest absolute Gasteiger partial charge is 0.135 e. The van der Waals surface area contributed by atoms with Crippen LogP contribution in [-0.4, -0.2) is 9.97 Å². The van der Waals surface area contributed by atoms with E-state index in [0.717, 1.165) is 44.7 Å². The van der Waals surface area contributed by atoms with Gasteiger partial charge in [-0.2, -0.15) is 0 Å². The Morgan fingerprint density at radius 1 is 0.515 bits per heavy atom. The van der Waals surface area contributed by atoms with Gasteiger partial charge in [0.25, 0.3) is 0 Å². The van der Waals surface area contributed by atoms with E-state index in [1.54, 1.807) is 12.4 Å². The fraction of sp³-hybridized carbons (Fsp3) is 0. The summed E-state index contributed by atoms with van der Waals surface area (Å²) in [5, 5.41) is 1.07. The highest BCUT2D eigenvalue weighted by Crippen LogP contribution is 2.37. The summed E-state index contributed by atoms with van der Waals surface area (Å²) < 4.78 is 6.12. The van der Waals surface area contributed by atoms with Gasteiger partial charge in [0.15, 0.2) is 0 Å². The number of hydrogen-bond acceptors (Lipinski definition) is 3. The lowest BCUT2D eigenvalue weighted by Gasteiger charge is -2.13. The summed E-state index contributed by atoms with van der Waals surface area (Å²) in [6.07, 6.45) is 5.39. The molecule has 3 nitrogen and oxygen atoms in total. The molecule has 3 heteroatoms. The van der Waals surface area contributed by atoms with Crippen molar-refractivity contribution in [3.05, 3.63) is 122 Å². The van der Waals surface area contributed by atoms with Crippen LogP contribution in [0.25, 0.3) is 55.8 Å². The molecule has 0 amide bonds. The lowest BCUT2D eigenvalue weighted by Crippen LogP contribution is -1.89. The summed E-state index contributed by atoms with van der Waals surface area (Å²) >= 11 is 0. The van der Waals surface area contributed by atoms with Crippen LogP contribution in [0.4, 0.5) is 0 Å². The van der Waals surface area contributed by atoms with Crippen molar-refractivity contribution in [2.24, 2.45) is 0 Å². The minimum Gasteiger partial charge on any atom is -0.456 e. The molecule has 3 aromatic carbocycles. The van der Waals surface area contributed by atoms with Gasteiger partial charge in [0.1, 0.15) is 11.3 Å². The summed E-state index contributed by atoms with van der Waals surface area (Å²) in [7, 11) is 0. The van der Waals surface area contributed by atoms with Crippen LogP contribution in [0.15, 0.2) is 126 Å². The van der Waals surface area contributed by atoms with Crippen molar-refractivity contribution >= 4 is 11.0 Å². The van der Waals surface area contributed by atoms with Crippen molar-refractivity contribution in [1.82, 2.24) is 9.97 Å². The van der Waals surface area contributed by atoms with Crippen LogP contribution in [0.3, 0.4) is 0 Å². The highest BCUT2D eigenvalue weighted by Gasteiger charge is 2.13. The molecule has 0 unspecified atom stereocenters. The molecule has 0 N–H and O–H groups in total. The zero-order valence-electron chi connectivity index (χ0n) is 17.8. The van der Waals surface area contributed by atoms with Gasteiger partial charge in [-0.3, -0.25) is 9.97 Å². The van der Waals surface area contributed by atoms with Crippen LogP contribution in [0.5, 0.6) is 0 Å². The highest BCUT2D eigenvalue weighted by atomic mass is 16.3. The molecule has 0 radical (unpaired) electrons. The number of furan rings is 1. The summed E-state index contributed by atoms with van der Waals surface area (Å²) in [6.45, 7) is 0. The first-order valence-corrected chi connectivity index (χ1v) is 10.9. The average molecular weight is 425 g/mol. The molecule has 0 spiro atoms. The Hall–Kier alpha value is -4.50. The number of rotatable bonds is 4. The van der Waals surface area contributed by atoms with E-state index in [1.165, 1.54) is 11.1 Å². The Morgan fingerprint density at radius 2 is 1.33 bits per heavy atom. The first kappa shape index (κ1) is 19.2. The molecule has 0 aliphatic rings. The molecule has 33 heavy (non-hydrogen) atoms. The maximum absolute atomic E-state index is 6.12. The average Bonchev–Trinajstić information content (AvgIpc) is 3.33. The van der Waals surface area contributed by atoms with Crippen LogP contribution in [-0.2, 0) is 0 Å². The summed E-state index contributed by atoms with van der Waals surface area (Å²) in [5.74, 6) is 0.843. The molecule has 3 heterocycles. The Balaban J connectivity index is 1.52. The first-order chi connectivity index (χ1) is 16.3. The molecule has 0 bridgehead atoms. The van der Waals surface area contributed by atoms with Crippen molar-refractivity contribution in [2.75, 3.05) is 0 Å². The Morgan fingerprint density at radius 3 is 2.15 bits per heavy atom. The molecule has 6 rings (SSSR count). The Labute approximate surface area is 192 Å². The van der Waals surface area contributed by atoms with Crippen LogP contribution in [0, 0.1) is 0 Å². The van der Waals surface area contributed by atoms with Gasteiger partial charge in [0, 0.05) is 35.1 Å². The lowest BCUT2D eigenvalue weighted by molar-refractivity contribution is 0.631. The standard InChI is InChI=1S/C30H20N2O/c1-2-6-21(7-3-1)26-11-9-24(28-8-4-5-15-32-28)19-27(26)23-10-12-29-25(18-23)20-30(33-29)22-13-16-31-17-14-22/h1-20H. The van der Waals surface area contributed by atoms with E-state index in [4.69, 9.17) is 4.42 Å². The van der Waals surface area contributed by atoms with Gasteiger partial charge in [0.05, 0.1) is 5.69 Å². The lowest BCUT2D eigenvalue weighted by atomic mass is 9.91. The number of hydrogen-bond donors (Lipinski definition) is 0. The second-order valence-electron chi connectivity index (χ2n) is 7.94. The van der Waals surface area contributed by atoms with Gasteiger partial charge < -0.3 is 4.42 Å². The molecule has 0 saturated carbocycles. The third kappa shape index (κ3) is 3.70. The molecule has 0 aliphatic carbocycles. The van der Waals surface area contributed by atoms with E-state index < -0.39 is 0 Å². The molecule has 0 aliphatic heterocycles. The largest absolute Gasteiger partial charge is 0.456 e. The molecular weight excluding hydrogens is 404 g/mol. The minimum absolute atomic E-state index is 0.843. The van der Waals surface area contributed by atoms with Crippen molar-refractivity contribution in [3.63, 3.8) is 0 Å². The van der Waals surface area contributed by atoms with Gasteiger partial charge in [0.2, 0.25) is 0 Å². The van der Waals surface area contributed by atoms with E-state index in [0.29, 0.717) is 0 Å². The van der Waals surface area contributed by atoms with E-state index in [-0.39, 0.29) is 0 Å². The molecule has 6 aromatic rings. The monoisotopic (exact) mass is 424 g/mol. The predicted octanol–water partition coefficient (Wildman–Crippen LogP) is 7.89. The van der Waals surface area contributed by atoms with Crippen molar-refractivity contribution < 1.29 is 4.42 Å². The summed E-state index contributed by atoms with van der Waals surface area (Å²) in [5.41, 5.74) is 8.62. The maximum atomic E-state index is 6.12. The Bertz CT molecular complexity index is 1540. The van der Waals surface area contributed by atoms with Gasteiger partial charge in [-0.1, -0.05) is 54.6 Å². The van der Waals surface area contributed by atoms with Crippen LogP contribution >= 0.6 is 0 Å². The number of fused-ring (bicyclic) bond motifs is 1. The van der Waals surface area contributed by atoms with Crippen molar-refractivity contribution in [3.8, 4) is 44.8 Å². The van der Waals surface area contributed by atoms with E-state index in [9.17, 15) is 0 Å².